The van der Waals surface area contributed by atoms with E-state index in [1.54, 1.807) is 24.3 Å². The molecule has 0 radical (unpaired) electrons. The number of carbonyl (C=O) groups is 1. The zero-order valence-electron chi connectivity index (χ0n) is 12.7. The highest BCUT2D eigenvalue weighted by atomic mass is 32.2. The van der Waals surface area contributed by atoms with Crippen molar-refractivity contribution >= 4 is 27.4 Å². The molecule has 0 aliphatic carbocycles. The van der Waals surface area contributed by atoms with E-state index in [1.165, 1.54) is 18.3 Å². The van der Waals surface area contributed by atoms with Crippen molar-refractivity contribution in [3.05, 3.63) is 42.6 Å². The smallest absolute Gasteiger partial charge is 0.268 e. The van der Waals surface area contributed by atoms with Crippen molar-refractivity contribution in [2.45, 2.75) is 6.10 Å². The lowest BCUT2D eigenvalue weighted by Crippen LogP contribution is -2.48. The van der Waals surface area contributed by atoms with Crippen molar-refractivity contribution in [1.82, 2.24) is 4.98 Å². The van der Waals surface area contributed by atoms with E-state index >= 15 is 0 Å². The van der Waals surface area contributed by atoms with Crippen molar-refractivity contribution in [2.75, 3.05) is 22.4 Å². The number of carbonyl (C=O) groups excluding carboxylic acids is 1. The summed E-state index contributed by atoms with van der Waals surface area (Å²) in [5, 5.41) is 12.1. The first-order chi connectivity index (χ1) is 11.4. The monoisotopic (exact) mass is 349 g/mol. The van der Waals surface area contributed by atoms with Gasteiger partial charge in [0.05, 0.1) is 18.5 Å². The Hall–Kier alpha value is -2.81. The third kappa shape index (κ3) is 3.11. The first kappa shape index (κ1) is 16.1. The Kier molecular flexibility index (Phi) is 4.02. The van der Waals surface area contributed by atoms with Crippen LogP contribution in [0.3, 0.4) is 0 Å². The largest absolute Gasteiger partial charge is 0.504 e. The number of hydrogen-bond donors (Lipinski definition) is 2. The summed E-state index contributed by atoms with van der Waals surface area (Å²) in [4.78, 5) is 16.2. The number of para-hydroxylation sites is 2. The Morgan fingerprint density at radius 3 is 2.79 bits per heavy atom. The van der Waals surface area contributed by atoms with Gasteiger partial charge < -0.3 is 15.2 Å². The van der Waals surface area contributed by atoms with Gasteiger partial charge >= 0.3 is 0 Å². The topological polar surface area (TPSA) is 109 Å². The number of ether oxygens (including phenoxy) is 1. The number of hydrogen-bond acceptors (Lipinski definition) is 6. The number of aromatic nitrogens is 1. The molecule has 126 valence electrons. The maximum atomic E-state index is 12.4. The molecule has 2 heterocycles. The predicted octanol–water partition coefficient (Wildman–Crippen LogP) is 0.953. The summed E-state index contributed by atoms with van der Waals surface area (Å²) < 4.78 is 30.8. The van der Waals surface area contributed by atoms with Gasteiger partial charge in [0, 0.05) is 6.20 Å². The molecule has 1 amide bonds. The zero-order chi connectivity index (χ0) is 17.3. The molecule has 0 fully saturated rings. The van der Waals surface area contributed by atoms with Crippen LogP contribution >= 0.6 is 0 Å². The number of sulfonamides is 1. The summed E-state index contributed by atoms with van der Waals surface area (Å²) in [5.74, 6) is -0.524. The van der Waals surface area contributed by atoms with E-state index in [4.69, 9.17) is 4.74 Å². The van der Waals surface area contributed by atoms with Crippen molar-refractivity contribution in [1.29, 1.82) is 0 Å². The molecule has 2 N–H and O–H groups in total. The van der Waals surface area contributed by atoms with Crippen molar-refractivity contribution in [2.24, 2.45) is 0 Å². The molecule has 0 unspecified atom stereocenters. The average molecular weight is 349 g/mol. The molecule has 0 saturated heterocycles. The Morgan fingerprint density at radius 1 is 1.33 bits per heavy atom. The number of benzene rings is 1. The van der Waals surface area contributed by atoms with Crippen LogP contribution in [0.15, 0.2) is 42.6 Å². The number of nitrogens with one attached hydrogen (secondary N) is 1. The van der Waals surface area contributed by atoms with Crippen LogP contribution in [0.1, 0.15) is 0 Å². The predicted molar refractivity (Wildman–Crippen MR) is 87.6 cm³/mol. The van der Waals surface area contributed by atoms with E-state index < -0.39 is 22.0 Å². The second-order valence-corrected chi connectivity index (χ2v) is 7.14. The van der Waals surface area contributed by atoms with Gasteiger partial charge in [-0.15, -0.1) is 0 Å². The SMILES string of the molecule is CS(=O)(=O)N1C[C@@H](C(=O)Nc2ncccc2O)Oc2ccccc21. The van der Waals surface area contributed by atoms with Crippen LogP contribution in [0, 0.1) is 0 Å². The summed E-state index contributed by atoms with van der Waals surface area (Å²) in [5.41, 5.74) is 0.379. The van der Waals surface area contributed by atoms with E-state index in [0.29, 0.717) is 11.4 Å². The fourth-order valence-electron chi connectivity index (χ4n) is 2.34. The Balaban J connectivity index is 1.88. The van der Waals surface area contributed by atoms with E-state index in [0.717, 1.165) is 10.6 Å². The molecule has 0 spiro atoms. The number of amides is 1. The van der Waals surface area contributed by atoms with E-state index in [9.17, 15) is 18.3 Å². The van der Waals surface area contributed by atoms with E-state index in [1.807, 2.05) is 0 Å². The second kappa shape index (κ2) is 6.00. The number of fused-ring (bicyclic) bond motifs is 1. The lowest BCUT2D eigenvalue weighted by atomic mass is 10.2. The molecule has 1 aromatic heterocycles. The van der Waals surface area contributed by atoms with Gasteiger partial charge in [0.15, 0.2) is 17.7 Å². The third-order valence-corrected chi connectivity index (χ3v) is 4.60. The normalized spacial score (nSPS) is 16.9. The van der Waals surface area contributed by atoms with Crippen molar-refractivity contribution in [3.63, 3.8) is 0 Å². The molecular weight excluding hydrogens is 334 g/mol. The Labute approximate surface area is 138 Å². The molecule has 1 aliphatic heterocycles. The van der Waals surface area contributed by atoms with Gasteiger partial charge in [0.1, 0.15) is 5.75 Å². The van der Waals surface area contributed by atoms with Gasteiger partial charge in [-0.2, -0.15) is 0 Å². The van der Waals surface area contributed by atoms with Gasteiger partial charge in [-0.05, 0) is 24.3 Å². The molecule has 24 heavy (non-hydrogen) atoms. The number of anilines is 2. The van der Waals surface area contributed by atoms with Crippen molar-refractivity contribution in [3.8, 4) is 11.5 Å². The van der Waals surface area contributed by atoms with Crippen LogP contribution in [-0.4, -0.2) is 43.3 Å². The minimum absolute atomic E-state index is 0.0177. The first-order valence-electron chi connectivity index (χ1n) is 7.04. The maximum Gasteiger partial charge on any atom is 0.268 e. The number of rotatable bonds is 3. The molecule has 1 aromatic carbocycles. The molecular formula is C15H15N3O5S. The minimum Gasteiger partial charge on any atom is -0.504 e. The number of aromatic hydroxyl groups is 1. The zero-order valence-corrected chi connectivity index (χ0v) is 13.5. The molecule has 9 heteroatoms. The minimum atomic E-state index is -3.58. The third-order valence-electron chi connectivity index (χ3n) is 3.46. The second-order valence-electron chi connectivity index (χ2n) is 5.23. The van der Waals surface area contributed by atoms with Gasteiger partial charge in [0.2, 0.25) is 10.0 Å². The molecule has 0 saturated carbocycles. The standard InChI is InChI=1S/C15H15N3O5S/c1-24(21,22)18-9-13(23-12-7-3-2-5-10(12)18)15(20)17-14-11(19)6-4-8-16-14/h2-8,13,19H,9H2,1H3,(H,16,17,20)/t13-/m0/s1. The fourth-order valence-corrected chi connectivity index (χ4v) is 3.26. The summed E-state index contributed by atoms with van der Waals surface area (Å²) in [6.07, 6.45) is 1.40. The quantitative estimate of drug-likeness (QED) is 0.854. The van der Waals surface area contributed by atoms with Crippen LogP contribution < -0.4 is 14.4 Å². The van der Waals surface area contributed by atoms with Crippen LogP contribution in [0.2, 0.25) is 0 Å². The van der Waals surface area contributed by atoms with Crippen molar-refractivity contribution < 1.29 is 23.1 Å². The van der Waals surface area contributed by atoms with Crippen LogP contribution in [0.4, 0.5) is 11.5 Å². The lowest BCUT2D eigenvalue weighted by molar-refractivity contribution is -0.122. The van der Waals surface area contributed by atoms with Gasteiger partial charge in [-0.3, -0.25) is 9.10 Å². The highest BCUT2D eigenvalue weighted by Gasteiger charge is 2.35. The van der Waals surface area contributed by atoms with Crippen LogP contribution in [0.25, 0.3) is 0 Å². The van der Waals surface area contributed by atoms with Gasteiger partial charge in [0.25, 0.3) is 5.91 Å². The fraction of sp³-hybridized carbons (Fsp3) is 0.200. The van der Waals surface area contributed by atoms with E-state index in [2.05, 4.69) is 10.3 Å². The van der Waals surface area contributed by atoms with Crippen LogP contribution in [0.5, 0.6) is 11.5 Å². The molecule has 0 bridgehead atoms. The first-order valence-corrected chi connectivity index (χ1v) is 8.89. The Morgan fingerprint density at radius 2 is 2.08 bits per heavy atom. The van der Waals surface area contributed by atoms with Gasteiger partial charge in [-0.25, -0.2) is 13.4 Å². The molecule has 1 atom stereocenters. The average Bonchev–Trinajstić information content (AvgIpc) is 2.55. The molecule has 3 rings (SSSR count). The summed E-state index contributed by atoms with van der Waals surface area (Å²) in [6.45, 7) is -0.171. The van der Waals surface area contributed by atoms with E-state index in [-0.39, 0.29) is 18.1 Å². The maximum absolute atomic E-state index is 12.4. The highest BCUT2D eigenvalue weighted by Crippen LogP contribution is 2.34. The number of nitrogens with zero attached hydrogens (tertiary/aromatic N) is 2. The summed E-state index contributed by atoms with van der Waals surface area (Å²) >= 11 is 0. The highest BCUT2D eigenvalue weighted by molar-refractivity contribution is 7.92. The van der Waals surface area contributed by atoms with Crippen LogP contribution in [-0.2, 0) is 14.8 Å². The number of pyridine rings is 1. The molecule has 2 aromatic rings. The Bertz CT molecular complexity index is 884. The lowest BCUT2D eigenvalue weighted by Gasteiger charge is -2.33. The van der Waals surface area contributed by atoms with Gasteiger partial charge in [-0.1, -0.05) is 12.1 Å². The molecule has 8 nitrogen and oxygen atoms in total. The summed E-state index contributed by atoms with van der Waals surface area (Å²) in [7, 11) is -3.58. The summed E-state index contributed by atoms with van der Waals surface area (Å²) in [6, 6.07) is 9.46. The molecule has 1 aliphatic rings.